The van der Waals surface area contributed by atoms with E-state index in [0.29, 0.717) is 17.9 Å². The number of carbonyl (C=O) groups is 1. The van der Waals surface area contributed by atoms with E-state index in [0.717, 1.165) is 11.3 Å². The van der Waals surface area contributed by atoms with Gasteiger partial charge in [-0.25, -0.2) is 0 Å². The van der Waals surface area contributed by atoms with Crippen LogP contribution in [0.3, 0.4) is 0 Å². The number of benzene rings is 2. The van der Waals surface area contributed by atoms with Crippen LogP contribution >= 0.6 is 12.2 Å². The number of hydrogen-bond acceptors (Lipinski definition) is 3. The number of ether oxygens (including phenoxy) is 1. The average Bonchev–Trinajstić information content (AvgIpc) is 2.53. The van der Waals surface area contributed by atoms with Crippen molar-refractivity contribution >= 4 is 28.9 Å². The van der Waals surface area contributed by atoms with Crippen molar-refractivity contribution in [2.24, 2.45) is 0 Å². The Morgan fingerprint density at radius 2 is 2.04 bits per heavy atom. The second-order valence-corrected chi connectivity index (χ2v) is 5.31. The number of anilines is 1. The van der Waals surface area contributed by atoms with Gasteiger partial charge in [0.1, 0.15) is 12.4 Å². The molecule has 0 aliphatic rings. The summed E-state index contributed by atoms with van der Waals surface area (Å²) < 4.78 is 5.45. The molecule has 1 amide bonds. The highest BCUT2D eigenvalue weighted by atomic mass is 32.1. The van der Waals surface area contributed by atoms with Crippen LogP contribution in [0.15, 0.2) is 61.2 Å². The maximum absolute atomic E-state index is 12.1. The molecule has 0 spiro atoms. The van der Waals surface area contributed by atoms with Crippen LogP contribution < -0.4 is 15.4 Å². The monoisotopic (exact) mass is 326 g/mol. The minimum absolute atomic E-state index is 0.234. The lowest BCUT2D eigenvalue weighted by Crippen LogP contribution is -2.34. The van der Waals surface area contributed by atoms with Crippen LogP contribution in [0.2, 0.25) is 0 Å². The van der Waals surface area contributed by atoms with Crippen LogP contribution in [0.25, 0.3) is 0 Å². The SMILES string of the molecule is C=CCOc1cccc(NC(=S)NC(=O)c2cccc(C)c2)c1. The molecule has 2 N–H and O–H groups in total. The summed E-state index contributed by atoms with van der Waals surface area (Å²) in [6.45, 7) is 5.97. The first-order valence-electron chi connectivity index (χ1n) is 7.11. The summed E-state index contributed by atoms with van der Waals surface area (Å²) in [7, 11) is 0. The van der Waals surface area contributed by atoms with Crippen LogP contribution in [0.5, 0.6) is 5.75 Å². The Morgan fingerprint density at radius 1 is 1.26 bits per heavy atom. The molecular formula is C18H18N2O2S. The normalized spacial score (nSPS) is 9.78. The van der Waals surface area contributed by atoms with Gasteiger partial charge in [-0.3, -0.25) is 10.1 Å². The molecule has 0 aliphatic heterocycles. The van der Waals surface area contributed by atoms with E-state index in [1.54, 1.807) is 18.2 Å². The van der Waals surface area contributed by atoms with Crippen molar-refractivity contribution in [1.29, 1.82) is 0 Å². The quantitative estimate of drug-likeness (QED) is 0.650. The highest BCUT2D eigenvalue weighted by Gasteiger charge is 2.08. The molecule has 4 nitrogen and oxygen atoms in total. The number of amides is 1. The molecule has 2 aromatic rings. The average molecular weight is 326 g/mol. The predicted octanol–water partition coefficient (Wildman–Crippen LogP) is 3.69. The van der Waals surface area contributed by atoms with E-state index in [1.165, 1.54) is 0 Å². The van der Waals surface area contributed by atoms with Crippen molar-refractivity contribution in [3.05, 3.63) is 72.3 Å². The minimum atomic E-state index is -0.245. The van der Waals surface area contributed by atoms with E-state index in [1.807, 2.05) is 43.3 Å². The van der Waals surface area contributed by atoms with Crippen molar-refractivity contribution < 1.29 is 9.53 Å². The van der Waals surface area contributed by atoms with Crippen molar-refractivity contribution in [2.75, 3.05) is 11.9 Å². The second-order valence-electron chi connectivity index (χ2n) is 4.91. The van der Waals surface area contributed by atoms with Gasteiger partial charge < -0.3 is 10.1 Å². The third kappa shape index (κ3) is 5.23. The maximum atomic E-state index is 12.1. The van der Waals surface area contributed by atoms with Crippen LogP contribution in [0, 0.1) is 6.92 Å². The van der Waals surface area contributed by atoms with Crippen LogP contribution in [-0.4, -0.2) is 17.6 Å². The van der Waals surface area contributed by atoms with Gasteiger partial charge in [0.05, 0.1) is 0 Å². The zero-order valence-corrected chi connectivity index (χ0v) is 13.7. The van der Waals surface area contributed by atoms with Gasteiger partial charge in [-0.15, -0.1) is 0 Å². The summed E-state index contributed by atoms with van der Waals surface area (Å²) >= 11 is 5.18. The molecule has 2 aromatic carbocycles. The van der Waals surface area contributed by atoms with Crippen LogP contribution in [0.1, 0.15) is 15.9 Å². The molecule has 0 bridgehead atoms. The van der Waals surface area contributed by atoms with Crippen LogP contribution in [0.4, 0.5) is 5.69 Å². The van der Waals surface area contributed by atoms with E-state index < -0.39 is 0 Å². The molecule has 0 aromatic heterocycles. The highest BCUT2D eigenvalue weighted by molar-refractivity contribution is 7.80. The predicted molar refractivity (Wildman–Crippen MR) is 97.0 cm³/mol. The van der Waals surface area contributed by atoms with Gasteiger partial charge in [0.25, 0.3) is 5.91 Å². The zero-order valence-electron chi connectivity index (χ0n) is 12.8. The summed E-state index contributed by atoms with van der Waals surface area (Å²) in [5.74, 6) is 0.452. The topological polar surface area (TPSA) is 50.4 Å². The Bertz CT molecular complexity index is 728. The van der Waals surface area contributed by atoms with Gasteiger partial charge in [0.2, 0.25) is 0 Å². The Balaban J connectivity index is 1.96. The van der Waals surface area contributed by atoms with Gasteiger partial charge in [-0.2, -0.15) is 0 Å². The molecule has 0 unspecified atom stereocenters. The van der Waals surface area contributed by atoms with Gasteiger partial charge >= 0.3 is 0 Å². The largest absolute Gasteiger partial charge is 0.489 e. The second kappa shape index (κ2) is 8.10. The molecular weight excluding hydrogens is 308 g/mol. The molecule has 5 heteroatoms. The van der Waals surface area contributed by atoms with Gasteiger partial charge in [-0.1, -0.05) is 36.4 Å². The van der Waals surface area contributed by atoms with E-state index in [9.17, 15) is 4.79 Å². The Labute approximate surface area is 141 Å². The molecule has 23 heavy (non-hydrogen) atoms. The molecule has 2 rings (SSSR count). The summed E-state index contributed by atoms with van der Waals surface area (Å²) in [4.78, 5) is 12.1. The van der Waals surface area contributed by atoms with Gasteiger partial charge in [-0.05, 0) is 43.4 Å². The number of rotatable bonds is 5. The molecule has 0 fully saturated rings. The van der Waals surface area contributed by atoms with E-state index in [4.69, 9.17) is 17.0 Å². The van der Waals surface area contributed by atoms with E-state index in [-0.39, 0.29) is 11.0 Å². The van der Waals surface area contributed by atoms with E-state index >= 15 is 0 Å². The fourth-order valence-corrected chi connectivity index (χ4v) is 2.15. The number of hydrogen-bond donors (Lipinski definition) is 2. The number of aryl methyl sites for hydroxylation is 1. The zero-order chi connectivity index (χ0) is 16.7. The molecule has 0 aliphatic carbocycles. The fourth-order valence-electron chi connectivity index (χ4n) is 1.94. The first-order chi connectivity index (χ1) is 11.1. The first kappa shape index (κ1) is 16.7. The summed E-state index contributed by atoms with van der Waals surface area (Å²) in [6, 6.07) is 14.6. The summed E-state index contributed by atoms with van der Waals surface area (Å²) in [5, 5.41) is 5.86. The van der Waals surface area contributed by atoms with Crippen molar-refractivity contribution in [2.45, 2.75) is 6.92 Å². The number of carbonyl (C=O) groups excluding carboxylic acids is 1. The van der Waals surface area contributed by atoms with Crippen molar-refractivity contribution in [1.82, 2.24) is 5.32 Å². The van der Waals surface area contributed by atoms with Crippen molar-refractivity contribution in [3.63, 3.8) is 0 Å². The number of thiocarbonyl (C=S) groups is 1. The van der Waals surface area contributed by atoms with Crippen molar-refractivity contribution in [3.8, 4) is 5.75 Å². The lowest BCUT2D eigenvalue weighted by molar-refractivity contribution is 0.0977. The third-order valence-corrected chi connectivity index (χ3v) is 3.17. The number of nitrogens with one attached hydrogen (secondary N) is 2. The minimum Gasteiger partial charge on any atom is -0.489 e. The summed E-state index contributed by atoms with van der Waals surface area (Å²) in [5.41, 5.74) is 2.32. The Hall–Kier alpha value is -2.66. The third-order valence-electron chi connectivity index (χ3n) is 2.97. The molecule has 0 radical (unpaired) electrons. The lowest BCUT2D eigenvalue weighted by atomic mass is 10.1. The standard InChI is InChI=1S/C18H18N2O2S/c1-3-10-22-16-9-5-8-15(12-16)19-18(23)20-17(21)14-7-4-6-13(2)11-14/h3-9,11-12H,1,10H2,2H3,(H2,19,20,21,23). The molecule has 118 valence electrons. The van der Waals surface area contributed by atoms with Gasteiger partial charge in [0.15, 0.2) is 5.11 Å². The fraction of sp³-hybridized carbons (Fsp3) is 0.111. The lowest BCUT2D eigenvalue weighted by Gasteiger charge is -2.11. The summed E-state index contributed by atoms with van der Waals surface area (Å²) in [6.07, 6.45) is 1.67. The van der Waals surface area contributed by atoms with E-state index in [2.05, 4.69) is 17.2 Å². The smallest absolute Gasteiger partial charge is 0.257 e. The Kier molecular flexibility index (Phi) is 5.88. The molecule has 0 heterocycles. The van der Waals surface area contributed by atoms with Crippen LogP contribution in [-0.2, 0) is 0 Å². The molecule has 0 saturated carbocycles. The maximum Gasteiger partial charge on any atom is 0.257 e. The first-order valence-corrected chi connectivity index (χ1v) is 7.52. The highest BCUT2D eigenvalue weighted by Crippen LogP contribution is 2.17. The Morgan fingerprint density at radius 3 is 2.78 bits per heavy atom. The van der Waals surface area contributed by atoms with Gasteiger partial charge in [0, 0.05) is 17.3 Å². The molecule has 0 saturated heterocycles. The molecule has 0 atom stereocenters.